The molecule has 1 aliphatic rings. The molecule has 8 nitrogen and oxygen atoms in total. The molecule has 30 heavy (non-hydrogen) atoms. The minimum absolute atomic E-state index is 0.125. The molecule has 9 heteroatoms. The Morgan fingerprint density at radius 1 is 1.10 bits per heavy atom. The van der Waals surface area contributed by atoms with Crippen LogP contribution in [-0.4, -0.2) is 48.5 Å². The van der Waals surface area contributed by atoms with Gasteiger partial charge in [-0.25, -0.2) is 19.8 Å². The molecule has 1 aromatic carbocycles. The third-order valence-corrected chi connectivity index (χ3v) is 8.47. The van der Waals surface area contributed by atoms with Crippen molar-refractivity contribution < 1.29 is 4.42 Å². The fraction of sp³-hybridized carbons (Fsp3) is 0.381. The van der Waals surface area contributed by atoms with Gasteiger partial charge in [-0.05, 0) is 61.5 Å². The second kappa shape index (κ2) is 7.09. The normalized spacial score (nSPS) is 18.0. The van der Waals surface area contributed by atoms with Gasteiger partial charge in [-0.3, -0.25) is 14.5 Å². The van der Waals surface area contributed by atoms with E-state index >= 15 is 0 Å². The lowest BCUT2D eigenvalue weighted by Crippen LogP contribution is -2.28. The highest BCUT2D eigenvalue weighted by Gasteiger charge is 2.28. The van der Waals surface area contributed by atoms with Gasteiger partial charge in [-0.15, -0.1) is 0 Å². The predicted molar refractivity (Wildman–Crippen MR) is 121 cm³/mol. The van der Waals surface area contributed by atoms with Gasteiger partial charge >= 0.3 is 5.76 Å². The van der Waals surface area contributed by atoms with Gasteiger partial charge in [0.15, 0.2) is 11.2 Å². The smallest absolute Gasteiger partial charge is 0.404 e. The van der Waals surface area contributed by atoms with Crippen molar-refractivity contribution in [2.75, 3.05) is 29.3 Å². The summed E-state index contributed by atoms with van der Waals surface area (Å²) in [6.45, 7) is 1.99. The zero-order chi connectivity index (χ0) is 20.9. The number of hydrogen-bond acceptors (Lipinski definition) is 7. The molecule has 4 aromatic rings. The zero-order valence-electron chi connectivity index (χ0n) is 17.3. The van der Waals surface area contributed by atoms with E-state index in [9.17, 15) is 4.79 Å². The summed E-state index contributed by atoms with van der Waals surface area (Å²) in [5.74, 6) is 2.38. The molecule has 5 rings (SSSR count). The van der Waals surface area contributed by atoms with Crippen LogP contribution in [0.4, 0.5) is 11.6 Å². The summed E-state index contributed by atoms with van der Waals surface area (Å²) in [5, 5.41) is 3.27. The third-order valence-electron chi connectivity index (χ3n) is 5.79. The first-order valence-electron chi connectivity index (χ1n) is 9.95. The molecule has 1 saturated heterocycles. The Bertz CT molecular complexity index is 1300. The molecule has 0 saturated carbocycles. The third kappa shape index (κ3) is 3.43. The number of anilines is 2. The molecule has 0 amide bonds. The summed E-state index contributed by atoms with van der Waals surface area (Å²) < 4.78 is 7.15. The van der Waals surface area contributed by atoms with E-state index in [0.29, 0.717) is 17.2 Å². The lowest BCUT2D eigenvalue weighted by Gasteiger charge is -2.38. The standard InChI is InChI=1S/C21H24N6O2S/c1-13-10-16-17(23-7-6-22-16)11-15(13)25-20-24-12-18-19(26-20)27(21(28)29-18)14-4-8-30(2,3)9-5-14/h6-7,10-12,14H,4-5,8-9H2,1-3H3,(H,24,25,26). The lowest BCUT2D eigenvalue weighted by molar-refractivity contribution is 0.416. The van der Waals surface area contributed by atoms with Gasteiger partial charge in [0.25, 0.3) is 0 Å². The van der Waals surface area contributed by atoms with Crippen molar-refractivity contribution in [3.63, 3.8) is 0 Å². The van der Waals surface area contributed by atoms with Gasteiger partial charge in [0.1, 0.15) is 0 Å². The predicted octanol–water partition coefficient (Wildman–Crippen LogP) is 3.78. The monoisotopic (exact) mass is 424 g/mol. The Morgan fingerprint density at radius 3 is 2.53 bits per heavy atom. The molecular formula is C21H24N6O2S. The van der Waals surface area contributed by atoms with Gasteiger partial charge in [0.2, 0.25) is 5.95 Å². The number of oxazole rings is 1. The van der Waals surface area contributed by atoms with Crippen LogP contribution in [0.1, 0.15) is 24.4 Å². The highest BCUT2D eigenvalue weighted by molar-refractivity contribution is 8.32. The average molecular weight is 425 g/mol. The number of aromatic nitrogens is 5. The number of rotatable bonds is 3. The Kier molecular flexibility index (Phi) is 4.50. The topological polar surface area (TPSA) is 98.7 Å². The van der Waals surface area contributed by atoms with E-state index in [1.165, 1.54) is 0 Å². The van der Waals surface area contributed by atoms with Gasteiger partial charge in [0.05, 0.1) is 17.2 Å². The molecule has 0 bridgehead atoms. The largest absolute Gasteiger partial charge is 0.421 e. The number of aryl methyl sites for hydroxylation is 1. The molecule has 0 radical (unpaired) electrons. The Morgan fingerprint density at radius 2 is 1.80 bits per heavy atom. The maximum Gasteiger partial charge on any atom is 0.421 e. The van der Waals surface area contributed by atoms with Crippen molar-refractivity contribution in [2.45, 2.75) is 25.8 Å². The van der Waals surface area contributed by atoms with Crippen molar-refractivity contribution >= 4 is 43.9 Å². The van der Waals surface area contributed by atoms with E-state index < -0.39 is 10.0 Å². The van der Waals surface area contributed by atoms with Crippen LogP contribution in [-0.2, 0) is 0 Å². The molecule has 0 unspecified atom stereocenters. The second-order valence-corrected chi connectivity index (χ2v) is 12.7. The maximum absolute atomic E-state index is 12.6. The summed E-state index contributed by atoms with van der Waals surface area (Å²) in [6.07, 6.45) is 11.6. The maximum atomic E-state index is 12.6. The summed E-state index contributed by atoms with van der Waals surface area (Å²) in [6, 6.07) is 4.03. The Hall–Kier alpha value is -2.94. The van der Waals surface area contributed by atoms with E-state index in [4.69, 9.17) is 4.42 Å². The number of hydrogen-bond donors (Lipinski definition) is 1. The van der Waals surface area contributed by atoms with Crippen LogP contribution in [0.3, 0.4) is 0 Å². The Labute approximate surface area is 175 Å². The average Bonchev–Trinajstić information content (AvgIpc) is 3.04. The first-order valence-corrected chi connectivity index (χ1v) is 12.7. The number of benzene rings is 1. The van der Waals surface area contributed by atoms with Crippen molar-refractivity contribution in [1.29, 1.82) is 0 Å². The number of nitrogens with one attached hydrogen (secondary N) is 1. The molecule has 156 valence electrons. The summed E-state index contributed by atoms with van der Waals surface area (Å²) in [4.78, 5) is 30.3. The van der Waals surface area contributed by atoms with Gasteiger partial charge in [-0.1, -0.05) is 0 Å². The molecule has 3 aromatic heterocycles. The van der Waals surface area contributed by atoms with Crippen LogP contribution in [0.15, 0.2) is 39.9 Å². The quantitative estimate of drug-likeness (QED) is 0.534. The van der Waals surface area contributed by atoms with Crippen LogP contribution in [0.2, 0.25) is 0 Å². The molecule has 1 fully saturated rings. The molecule has 1 aliphatic heterocycles. The van der Waals surface area contributed by atoms with Crippen molar-refractivity contribution in [2.24, 2.45) is 0 Å². The fourth-order valence-electron chi connectivity index (χ4n) is 4.00. The summed E-state index contributed by atoms with van der Waals surface area (Å²) in [5.41, 5.74) is 4.46. The van der Waals surface area contributed by atoms with Crippen molar-refractivity contribution in [3.8, 4) is 0 Å². The molecule has 0 spiro atoms. The minimum Gasteiger partial charge on any atom is -0.404 e. The number of nitrogens with zero attached hydrogens (tertiary/aromatic N) is 5. The van der Waals surface area contributed by atoms with Crippen LogP contribution < -0.4 is 11.1 Å². The highest BCUT2D eigenvalue weighted by Crippen LogP contribution is 2.47. The summed E-state index contributed by atoms with van der Waals surface area (Å²) >= 11 is 0. The fourth-order valence-corrected chi connectivity index (χ4v) is 6.03. The Balaban J connectivity index is 1.51. The highest BCUT2D eigenvalue weighted by atomic mass is 32.3. The van der Waals surface area contributed by atoms with E-state index in [-0.39, 0.29) is 11.8 Å². The van der Waals surface area contributed by atoms with E-state index in [2.05, 4.69) is 37.8 Å². The van der Waals surface area contributed by atoms with Gasteiger partial charge in [0, 0.05) is 24.1 Å². The molecule has 1 N–H and O–H groups in total. The van der Waals surface area contributed by atoms with Crippen LogP contribution in [0, 0.1) is 6.92 Å². The van der Waals surface area contributed by atoms with Crippen LogP contribution in [0.25, 0.3) is 22.3 Å². The molecule has 4 heterocycles. The van der Waals surface area contributed by atoms with Gasteiger partial charge in [-0.2, -0.15) is 4.98 Å². The first kappa shape index (κ1) is 19.0. The van der Waals surface area contributed by atoms with Crippen molar-refractivity contribution in [1.82, 2.24) is 24.5 Å². The van der Waals surface area contributed by atoms with Crippen LogP contribution in [0.5, 0.6) is 0 Å². The minimum atomic E-state index is -0.547. The van der Waals surface area contributed by atoms with Crippen LogP contribution >= 0.6 is 10.0 Å². The molecule has 0 atom stereocenters. The number of fused-ring (bicyclic) bond motifs is 2. The SMILES string of the molecule is Cc1cc2nccnc2cc1Nc1ncc2oc(=O)n(C3CCS(C)(C)CC3)c2n1. The molecule has 0 aliphatic carbocycles. The first-order chi connectivity index (χ1) is 14.4. The van der Waals surface area contributed by atoms with Gasteiger partial charge < -0.3 is 9.73 Å². The lowest BCUT2D eigenvalue weighted by atomic mass is 10.1. The van der Waals surface area contributed by atoms with E-state index in [1.54, 1.807) is 23.2 Å². The second-order valence-electron chi connectivity index (χ2n) is 8.36. The zero-order valence-corrected chi connectivity index (χ0v) is 18.1. The molecular weight excluding hydrogens is 400 g/mol. The van der Waals surface area contributed by atoms with E-state index in [1.807, 2.05) is 19.1 Å². The summed E-state index contributed by atoms with van der Waals surface area (Å²) in [7, 11) is -0.547. The van der Waals surface area contributed by atoms with Crippen molar-refractivity contribution in [3.05, 3.63) is 46.8 Å². The van der Waals surface area contributed by atoms with E-state index in [0.717, 1.165) is 46.6 Å².